The molecule has 1 rings (SSSR count). The van der Waals surface area contributed by atoms with E-state index in [4.69, 9.17) is 23.2 Å². The molecule has 1 aromatic carbocycles. The van der Waals surface area contributed by atoms with E-state index in [0.29, 0.717) is 10.0 Å². The van der Waals surface area contributed by atoms with Crippen LogP contribution in [0.4, 0.5) is 0 Å². The van der Waals surface area contributed by atoms with Crippen LogP contribution in [0.3, 0.4) is 0 Å². The summed E-state index contributed by atoms with van der Waals surface area (Å²) in [7, 11) is 3.30. The number of hydrogen-bond donors (Lipinski definition) is 1. The number of carbonyl (C=O) groups excluding carboxylic acids is 2. The maximum absolute atomic E-state index is 11.7. The van der Waals surface area contributed by atoms with Crippen molar-refractivity contribution < 1.29 is 9.59 Å². The van der Waals surface area contributed by atoms with E-state index in [-0.39, 0.29) is 17.6 Å². The number of rotatable bonds is 5. The van der Waals surface area contributed by atoms with Gasteiger partial charge < -0.3 is 10.2 Å². The van der Waals surface area contributed by atoms with Gasteiger partial charge >= 0.3 is 0 Å². The van der Waals surface area contributed by atoms with Gasteiger partial charge in [-0.25, -0.2) is 0 Å². The first-order valence-corrected chi connectivity index (χ1v) is 7.63. The molecule has 0 spiro atoms. The minimum absolute atomic E-state index is 0.141. The van der Waals surface area contributed by atoms with Gasteiger partial charge in [-0.2, -0.15) is 0 Å². The van der Waals surface area contributed by atoms with E-state index in [9.17, 15) is 9.59 Å². The summed E-state index contributed by atoms with van der Waals surface area (Å²) in [4.78, 5) is 25.6. The highest BCUT2D eigenvalue weighted by Crippen LogP contribution is 2.27. The van der Waals surface area contributed by atoms with Crippen LogP contribution in [0.2, 0.25) is 10.0 Å². The van der Waals surface area contributed by atoms with Crippen LogP contribution in [0.25, 0.3) is 0 Å². The van der Waals surface area contributed by atoms with Crippen molar-refractivity contribution in [3.05, 3.63) is 28.2 Å². The molecule has 7 heteroatoms. The molecule has 2 amide bonds. The van der Waals surface area contributed by atoms with Crippen molar-refractivity contribution in [2.45, 2.75) is 17.9 Å². The second-order valence-corrected chi connectivity index (χ2v) is 6.25. The largest absolute Gasteiger partial charge is 0.347 e. The first kappa shape index (κ1) is 17.1. The lowest BCUT2D eigenvalue weighted by Crippen LogP contribution is -2.44. The highest BCUT2D eigenvalue weighted by atomic mass is 35.5. The van der Waals surface area contributed by atoms with E-state index in [1.165, 1.54) is 16.7 Å². The Balaban J connectivity index is 2.47. The molecule has 0 aliphatic rings. The number of amides is 2. The lowest BCUT2D eigenvalue weighted by atomic mass is 10.3. The molecular formula is C13H16Cl2N2O2S. The lowest BCUT2D eigenvalue weighted by Gasteiger charge is -2.17. The second-order valence-electron chi connectivity index (χ2n) is 4.39. The molecule has 4 nitrogen and oxygen atoms in total. The Labute approximate surface area is 132 Å². The minimum Gasteiger partial charge on any atom is -0.347 e. The van der Waals surface area contributed by atoms with Crippen LogP contribution in [0.5, 0.6) is 0 Å². The number of nitrogens with zero attached hydrogens (tertiary/aromatic N) is 1. The Morgan fingerprint density at radius 2 is 1.95 bits per heavy atom. The summed E-state index contributed by atoms with van der Waals surface area (Å²) < 4.78 is 0. The van der Waals surface area contributed by atoms with Crippen LogP contribution in [-0.2, 0) is 9.59 Å². The SMILES string of the molecule is C[C@H](NC(=O)CSc1ccc(Cl)c(Cl)c1)C(=O)N(C)C. The maximum Gasteiger partial charge on any atom is 0.244 e. The molecule has 0 aromatic heterocycles. The van der Waals surface area contributed by atoms with Crippen LogP contribution in [0.15, 0.2) is 23.1 Å². The summed E-state index contributed by atoms with van der Waals surface area (Å²) in [5, 5.41) is 3.58. The zero-order valence-electron chi connectivity index (χ0n) is 11.4. The minimum atomic E-state index is -0.535. The fraction of sp³-hybridized carbons (Fsp3) is 0.385. The number of halogens is 2. The molecule has 20 heavy (non-hydrogen) atoms. The van der Waals surface area contributed by atoms with E-state index in [0.717, 1.165) is 4.90 Å². The van der Waals surface area contributed by atoms with E-state index < -0.39 is 6.04 Å². The third-order valence-electron chi connectivity index (χ3n) is 2.45. The lowest BCUT2D eigenvalue weighted by molar-refractivity contribution is -0.133. The molecule has 1 aromatic rings. The summed E-state index contributed by atoms with van der Waals surface area (Å²) in [6.45, 7) is 1.66. The summed E-state index contributed by atoms with van der Waals surface area (Å²) in [5.74, 6) is -0.134. The standard InChI is InChI=1S/C13H16Cl2N2O2S/c1-8(13(19)17(2)3)16-12(18)7-20-9-4-5-10(14)11(15)6-9/h4-6,8H,7H2,1-3H3,(H,16,18)/t8-/m0/s1. The van der Waals surface area contributed by atoms with Gasteiger partial charge in [-0.05, 0) is 25.1 Å². The second kappa shape index (κ2) is 7.76. The Kier molecular flexibility index (Phi) is 6.65. The first-order valence-electron chi connectivity index (χ1n) is 5.89. The average Bonchev–Trinajstić information content (AvgIpc) is 2.39. The molecule has 110 valence electrons. The Bertz CT molecular complexity index is 509. The molecule has 0 aliphatic heterocycles. The van der Waals surface area contributed by atoms with Gasteiger partial charge in [0.1, 0.15) is 6.04 Å². The van der Waals surface area contributed by atoms with Crippen molar-refractivity contribution in [1.82, 2.24) is 10.2 Å². The fourth-order valence-corrected chi connectivity index (χ4v) is 2.56. The predicted molar refractivity (Wildman–Crippen MR) is 83.5 cm³/mol. The molecule has 0 saturated carbocycles. The van der Waals surface area contributed by atoms with Gasteiger partial charge in [0, 0.05) is 19.0 Å². The molecule has 0 fully saturated rings. The number of carbonyl (C=O) groups is 2. The topological polar surface area (TPSA) is 49.4 Å². The molecule has 0 aliphatic carbocycles. The number of benzene rings is 1. The monoisotopic (exact) mass is 334 g/mol. The van der Waals surface area contributed by atoms with Crippen LogP contribution < -0.4 is 5.32 Å². The van der Waals surface area contributed by atoms with Crippen molar-refractivity contribution in [1.29, 1.82) is 0 Å². The molecule has 0 radical (unpaired) electrons. The zero-order chi connectivity index (χ0) is 15.3. The van der Waals surface area contributed by atoms with Crippen LogP contribution >= 0.6 is 35.0 Å². The summed E-state index contributed by atoms with van der Waals surface area (Å²) in [6.07, 6.45) is 0. The predicted octanol–water partition coefficient (Wildman–Crippen LogP) is 2.68. The normalized spacial score (nSPS) is 11.8. The van der Waals surface area contributed by atoms with E-state index in [2.05, 4.69) is 5.32 Å². The van der Waals surface area contributed by atoms with Crippen molar-refractivity contribution in [2.24, 2.45) is 0 Å². The molecule has 0 bridgehead atoms. The van der Waals surface area contributed by atoms with Gasteiger partial charge in [0.15, 0.2) is 0 Å². The number of likely N-dealkylation sites (N-methyl/N-ethyl adjacent to an activating group) is 1. The van der Waals surface area contributed by atoms with Gasteiger partial charge in [0.25, 0.3) is 0 Å². The Morgan fingerprint density at radius 3 is 2.50 bits per heavy atom. The summed E-state index contributed by atoms with van der Waals surface area (Å²) >= 11 is 13.0. The number of nitrogens with one attached hydrogen (secondary N) is 1. The third-order valence-corrected chi connectivity index (χ3v) is 4.18. The van der Waals surface area contributed by atoms with Crippen molar-refractivity contribution in [2.75, 3.05) is 19.8 Å². The van der Waals surface area contributed by atoms with E-state index >= 15 is 0 Å². The smallest absolute Gasteiger partial charge is 0.244 e. The molecule has 1 N–H and O–H groups in total. The third kappa shape index (κ3) is 5.23. The Hall–Kier alpha value is -0.910. The summed E-state index contributed by atoms with van der Waals surface area (Å²) in [5.41, 5.74) is 0. The highest BCUT2D eigenvalue weighted by Gasteiger charge is 2.17. The molecule has 0 unspecified atom stereocenters. The van der Waals surface area contributed by atoms with Gasteiger partial charge in [-0.3, -0.25) is 9.59 Å². The number of hydrogen-bond acceptors (Lipinski definition) is 3. The average molecular weight is 335 g/mol. The van der Waals surface area contributed by atoms with Gasteiger partial charge in [0.05, 0.1) is 15.8 Å². The highest BCUT2D eigenvalue weighted by molar-refractivity contribution is 8.00. The zero-order valence-corrected chi connectivity index (χ0v) is 13.8. The van der Waals surface area contributed by atoms with E-state index in [1.807, 2.05) is 0 Å². The van der Waals surface area contributed by atoms with Crippen molar-refractivity contribution >= 4 is 46.8 Å². The van der Waals surface area contributed by atoms with Crippen LogP contribution in [0.1, 0.15) is 6.92 Å². The summed E-state index contributed by atoms with van der Waals surface area (Å²) in [6, 6.07) is 4.64. The molecule has 0 saturated heterocycles. The van der Waals surface area contributed by atoms with Crippen molar-refractivity contribution in [3.8, 4) is 0 Å². The first-order chi connectivity index (χ1) is 9.31. The quantitative estimate of drug-likeness (QED) is 0.842. The Morgan fingerprint density at radius 1 is 1.30 bits per heavy atom. The van der Waals surface area contributed by atoms with Crippen molar-refractivity contribution in [3.63, 3.8) is 0 Å². The molecule has 0 heterocycles. The molecule has 1 atom stereocenters. The number of thioether (sulfide) groups is 1. The van der Waals surface area contributed by atoms with Crippen LogP contribution in [-0.4, -0.2) is 42.6 Å². The van der Waals surface area contributed by atoms with Gasteiger partial charge in [-0.1, -0.05) is 23.2 Å². The van der Waals surface area contributed by atoms with Gasteiger partial charge in [-0.15, -0.1) is 11.8 Å². The fourth-order valence-electron chi connectivity index (χ4n) is 1.45. The molecular weight excluding hydrogens is 319 g/mol. The maximum atomic E-state index is 11.7. The van der Waals surface area contributed by atoms with Gasteiger partial charge in [0.2, 0.25) is 11.8 Å². The van der Waals surface area contributed by atoms with E-state index in [1.54, 1.807) is 39.2 Å². The van der Waals surface area contributed by atoms with Crippen LogP contribution in [0, 0.1) is 0 Å².